The van der Waals surface area contributed by atoms with E-state index in [-0.39, 0.29) is 17.9 Å². The zero-order valence-electron chi connectivity index (χ0n) is 27.0. The van der Waals surface area contributed by atoms with Crippen molar-refractivity contribution in [3.8, 4) is 11.1 Å². The first-order valence-electron chi connectivity index (χ1n) is 15.9. The highest BCUT2D eigenvalue weighted by Crippen LogP contribution is 2.44. The molecule has 3 unspecified atom stereocenters. The lowest BCUT2D eigenvalue weighted by atomic mass is 9.69. The average Bonchev–Trinajstić information content (AvgIpc) is 3.00. The number of carboxylic acid groups (broad SMARTS) is 1. The number of benzene rings is 3. The van der Waals surface area contributed by atoms with Crippen LogP contribution in [0.25, 0.3) is 11.1 Å². The lowest BCUT2D eigenvalue weighted by Gasteiger charge is -2.39. The van der Waals surface area contributed by atoms with Crippen LogP contribution in [0.5, 0.6) is 0 Å². The zero-order valence-corrected chi connectivity index (χ0v) is 27.0. The van der Waals surface area contributed by atoms with Gasteiger partial charge in [-0.15, -0.1) is 0 Å². The topological polar surface area (TPSA) is 40.5 Å². The monoisotopic (exact) mass is 647 g/mol. The van der Waals surface area contributed by atoms with Gasteiger partial charge in [0, 0.05) is 12.6 Å². The standard InChI is InChI=1S/C37H43F6NO2/c1-6-33(26-11-15-32(16-12-26)37(41,42)43)44-17-7-8-27(22-44)30-19-28(24(4)35(5,34(45)46)21-23(2)3)18-29(20-30)25-9-13-31(14-10-25)36(38,39)40/h9-16,18-20,23-24,27,33H,6-8,17,21-22H2,1-5H3,(H,45,46)/t24?,27?,33?,35-/m1/s1. The summed E-state index contributed by atoms with van der Waals surface area (Å²) in [6, 6.07) is 16.2. The van der Waals surface area contributed by atoms with Crippen molar-refractivity contribution >= 4 is 5.97 Å². The van der Waals surface area contributed by atoms with E-state index in [1.54, 1.807) is 19.1 Å². The molecule has 0 amide bonds. The summed E-state index contributed by atoms with van der Waals surface area (Å²) in [4.78, 5) is 14.9. The summed E-state index contributed by atoms with van der Waals surface area (Å²) in [5, 5.41) is 10.3. The molecule has 0 aliphatic carbocycles. The molecule has 46 heavy (non-hydrogen) atoms. The van der Waals surface area contributed by atoms with Crippen LogP contribution in [0.2, 0.25) is 0 Å². The van der Waals surface area contributed by atoms with E-state index in [1.165, 1.54) is 12.1 Å². The Balaban J connectivity index is 1.74. The number of rotatable bonds is 10. The fraction of sp³-hybridized carbons (Fsp3) is 0.486. The summed E-state index contributed by atoms with van der Waals surface area (Å²) in [6.45, 7) is 11.1. The summed E-state index contributed by atoms with van der Waals surface area (Å²) in [6.07, 6.45) is -6.00. The number of piperidine rings is 1. The van der Waals surface area contributed by atoms with Crippen molar-refractivity contribution in [2.24, 2.45) is 11.3 Å². The molecule has 3 aromatic rings. The van der Waals surface area contributed by atoms with Crippen molar-refractivity contribution in [2.75, 3.05) is 13.1 Å². The molecule has 4 atom stereocenters. The number of alkyl halides is 6. The Morgan fingerprint density at radius 3 is 1.91 bits per heavy atom. The first kappa shape index (κ1) is 35.5. The Bertz CT molecular complexity index is 1480. The Labute approximate surface area is 267 Å². The number of nitrogens with zero attached hydrogens (tertiary/aromatic N) is 1. The molecule has 1 heterocycles. The van der Waals surface area contributed by atoms with Crippen LogP contribution < -0.4 is 0 Å². The summed E-state index contributed by atoms with van der Waals surface area (Å²) < 4.78 is 79.6. The quantitative estimate of drug-likeness (QED) is 0.223. The number of hydrogen-bond donors (Lipinski definition) is 1. The molecular weight excluding hydrogens is 604 g/mol. The first-order valence-corrected chi connectivity index (χ1v) is 15.9. The molecule has 0 spiro atoms. The maximum absolute atomic E-state index is 13.3. The molecule has 250 valence electrons. The van der Waals surface area contributed by atoms with Gasteiger partial charge in [0.05, 0.1) is 16.5 Å². The molecule has 0 bridgehead atoms. The van der Waals surface area contributed by atoms with Crippen LogP contribution >= 0.6 is 0 Å². The second kappa shape index (κ2) is 13.8. The molecule has 1 N–H and O–H groups in total. The van der Waals surface area contributed by atoms with E-state index in [4.69, 9.17) is 0 Å². The SMILES string of the molecule is CCC(c1ccc(C(F)(F)F)cc1)N1CCCC(c2cc(-c3ccc(C(F)(F)F)cc3)cc(C(C)[C@@](C)(CC(C)C)C(=O)O)c2)C1. The number of aliphatic carboxylic acids is 1. The summed E-state index contributed by atoms with van der Waals surface area (Å²) in [5.41, 5.74) is 1.43. The number of carboxylic acids is 1. The van der Waals surface area contributed by atoms with Crippen molar-refractivity contribution in [2.45, 2.75) is 90.5 Å². The minimum absolute atomic E-state index is 0.0405. The molecule has 1 saturated heterocycles. The summed E-state index contributed by atoms with van der Waals surface area (Å²) in [7, 11) is 0. The van der Waals surface area contributed by atoms with Gasteiger partial charge in [-0.05, 0) is 109 Å². The fourth-order valence-corrected chi connectivity index (χ4v) is 7.01. The van der Waals surface area contributed by atoms with Crippen LogP contribution in [0.1, 0.15) is 106 Å². The van der Waals surface area contributed by atoms with Gasteiger partial charge in [0.25, 0.3) is 0 Å². The minimum atomic E-state index is -4.46. The smallest absolute Gasteiger partial charge is 0.416 e. The number of likely N-dealkylation sites (tertiary alicyclic amines) is 1. The van der Waals surface area contributed by atoms with Crippen molar-refractivity contribution < 1.29 is 36.2 Å². The number of carbonyl (C=O) groups is 1. The second-order valence-corrected chi connectivity index (χ2v) is 13.4. The summed E-state index contributed by atoms with van der Waals surface area (Å²) >= 11 is 0. The van der Waals surface area contributed by atoms with E-state index in [2.05, 4.69) is 4.90 Å². The lowest BCUT2D eigenvalue weighted by molar-refractivity contribution is -0.150. The maximum atomic E-state index is 13.3. The van der Waals surface area contributed by atoms with Gasteiger partial charge in [0.15, 0.2) is 0 Å². The van der Waals surface area contributed by atoms with E-state index < -0.39 is 40.8 Å². The molecular formula is C37H43F6NO2. The largest absolute Gasteiger partial charge is 0.481 e. The van der Waals surface area contributed by atoms with E-state index in [9.17, 15) is 36.2 Å². The first-order chi connectivity index (χ1) is 21.4. The van der Waals surface area contributed by atoms with Gasteiger partial charge in [-0.3, -0.25) is 9.69 Å². The third kappa shape index (κ3) is 7.96. The zero-order chi connectivity index (χ0) is 34.0. The molecule has 9 heteroatoms. The van der Waals surface area contributed by atoms with E-state index in [0.717, 1.165) is 65.9 Å². The van der Waals surface area contributed by atoms with E-state index in [1.807, 2.05) is 45.9 Å². The lowest BCUT2D eigenvalue weighted by Crippen LogP contribution is -2.37. The third-order valence-electron chi connectivity index (χ3n) is 9.67. The van der Waals surface area contributed by atoms with Crippen LogP contribution in [0, 0.1) is 11.3 Å². The highest BCUT2D eigenvalue weighted by molar-refractivity contribution is 5.76. The number of hydrogen-bond acceptors (Lipinski definition) is 2. The van der Waals surface area contributed by atoms with Crippen LogP contribution in [-0.4, -0.2) is 29.1 Å². The molecule has 0 radical (unpaired) electrons. The van der Waals surface area contributed by atoms with Crippen molar-refractivity contribution in [3.63, 3.8) is 0 Å². The molecule has 4 rings (SSSR count). The average molecular weight is 648 g/mol. The third-order valence-corrected chi connectivity index (χ3v) is 9.67. The van der Waals surface area contributed by atoms with Gasteiger partial charge in [-0.1, -0.05) is 70.2 Å². The van der Waals surface area contributed by atoms with Gasteiger partial charge >= 0.3 is 18.3 Å². The molecule has 3 nitrogen and oxygen atoms in total. The molecule has 1 fully saturated rings. The van der Waals surface area contributed by atoms with Crippen molar-refractivity contribution in [1.29, 1.82) is 0 Å². The van der Waals surface area contributed by atoms with Crippen LogP contribution in [0.4, 0.5) is 26.3 Å². The Morgan fingerprint density at radius 2 is 1.41 bits per heavy atom. The fourth-order valence-electron chi connectivity index (χ4n) is 7.01. The van der Waals surface area contributed by atoms with Gasteiger partial charge in [0.2, 0.25) is 0 Å². The predicted molar refractivity (Wildman–Crippen MR) is 169 cm³/mol. The van der Waals surface area contributed by atoms with Gasteiger partial charge in [0.1, 0.15) is 0 Å². The predicted octanol–water partition coefficient (Wildman–Crippen LogP) is 11.0. The molecule has 0 aromatic heterocycles. The van der Waals surface area contributed by atoms with Crippen molar-refractivity contribution in [1.82, 2.24) is 4.90 Å². The van der Waals surface area contributed by atoms with Crippen LogP contribution in [0.3, 0.4) is 0 Å². The Kier molecular flexibility index (Phi) is 10.7. The van der Waals surface area contributed by atoms with Crippen molar-refractivity contribution in [3.05, 3.63) is 94.5 Å². The molecule has 0 saturated carbocycles. The number of halogens is 6. The van der Waals surface area contributed by atoms with E-state index >= 15 is 0 Å². The maximum Gasteiger partial charge on any atom is 0.416 e. The van der Waals surface area contributed by atoms with Crippen LogP contribution in [0.15, 0.2) is 66.7 Å². The minimum Gasteiger partial charge on any atom is -0.481 e. The van der Waals surface area contributed by atoms with E-state index in [0.29, 0.717) is 24.9 Å². The van der Waals surface area contributed by atoms with Gasteiger partial charge in [-0.25, -0.2) is 0 Å². The normalized spacial score (nSPS) is 19.1. The highest BCUT2D eigenvalue weighted by atomic mass is 19.4. The molecule has 1 aliphatic heterocycles. The molecule has 1 aliphatic rings. The van der Waals surface area contributed by atoms with Gasteiger partial charge in [-0.2, -0.15) is 26.3 Å². The van der Waals surface area contributed by atoms with Gasteiger partial charge < -0.3 is 5.11 Å². The molecule has 3 aromatic carbocycles. The second-order valence-electron chi connectivity index (χ2n) is 13.4. The summed E-state index contributed by atoms with van der Waals surface area (Å²) in [5.74, 6) is -1.12. The highest BCUT2D eigenvalue weighted by Gasteiger charge is 2.41. The Hall–Kier alpha value is -3.33. The Morgan fingerprint density at radius 1 is 0.848 bits per heavy atom. The van der Waals surface area contributed by atoms with Crippen LogP contribution in [-0.2, 0) is 17.1 Å².